The molecule has 0 bridgehead atoms. The van der Waals surface area contributed by atoms with Crippen molar-refractivity contribution < 1.29 is 9.78 Å². The fraction of sp³-hybridized carbons (Fsp3) is 0.529. The third-order valence-corrected chi connectivity index (χ3v) is 3.93. The van der Waals surface area contributed by atoms with E-state index in [1.165, 1.54) is 36.8 Å². The summed E-state index contributed by atoms with van der Waals surface area (Å²) in [5.41, 5.74) is 4.44. The molecule has 0 saturated heterocycles. The van der Waals surface area contributed by atoms with Crippen molar-refractivity contribution in [1.29, 1.82) is 0 Å². The molecule has 19 heavy (non-hydrogen) atoms. The van der Waals surface area contributed by atoms with Crippen LogP contribution in [-0.2, 0) is 9.78 Å². The van der Waals surface area contributed by atoms with E-state index in [4.69, 9.17) is 4.89 Å². The molecule has 0 amide bonds. The van der Waals surface area contributed by atoms with Crippen molar-refractivity contribution in [3.63, 3.8) is 0 Å². The number of hydrogen-bond acceptors (Lipinski definition) is 2. The number of rotatable bonds is 5. The summed E-state index contributed by atoms with van der Waals surface area (Å²) < 4.78 is 0. The van der Waals surface area contributed by atoms with Crippen LogP contribution in [0.15, 0.2) is 35.9 Å². The molecule has 2 heteroatoms. The van der Waals surface area contributed by atoms with Crippen LogP contribution in [0.4, 0.5) is 0 Å². The van der Waals surface area contributed by atoms with Gasteiger partial charge >= 0.3 is 0 Å². The highest BCUT2D eigenvalue weighted by Crippen LogP contribution is 2.35. The van der Waals surface area contributed by atoms with Crippen LogP contribution in [0.5, 0.6) is 0 Å². The van der Waals surface area contributed by atoms with Crippen molar-refractivity contribution in [3.8, 4) is 0 Å². The molecule has 1 fully saturated rings. The second kappa shape index (κ2) is 7.46. The summed E-state index contributed by atoms with van der Waals surface area (Å²) in [5, 5.41) is 0. The molecule has 2 nitrogen and oxygen atoms in total. The van der Waals surface area contributed by atoms with Gasteiger partial charge < -0.3 is 0 Å². The summed E-state index contributed by atoms with van der Waals surface area (Å²) >= 11 is 0. The lowest BCUT2D eigenvalue weighted by Gasteiger charge is -2.24. The van der Waals surface area contributed by atoms with Gasteiger partial charge in [0.05, 0.1) is 13.7 Å². The maximum Gasteiger partial charge on any atom is 0.0856 e. The highest BCUT2D eigenvalue weighted by molar-refractivity contribution is 5.26. The van der Waals surface area contributed by atoms with Crippen molar-refractivity contribution in [2.75, 3.05) is 13.7 Å². The van der Waals surface area contributed by atoms with E-state index < -0.39 is 0 Å². The number of benzene rings is 1. The van der Waals surface area contributed by atoms with Crippen LogP contribution in [0.25, 0.3) is 0 Å². The van der Waals surface area contributed by atoms with E-state index in [0.29, 0.717) is 6.61 Å². The summed E-state index contributed by atoms with van der Waals surface area (Å²) in [6.45, 7) is 2.80. The van der Waals surface area contributed by atoms with Gasteiger partial charge in [0, 0.05) is 0 Å². The van der Waals surface area contributed by atoms with Crippen LogP contribution < -0.4 is 0 Å². The third kappa shape index (κ3) is 4.48. The zero-order valence-electron chi connectivity index (χ0n) is 12.0. The molecule has 1 aromatic rings. The van der Waals surface area contributed by atoms with Crippen LogP contribution in [0.1, 0.15) is 49.1 Å². The molecule has 1 aliphatic rings. The van der Waals surface area contributed by atoms with Gasteiger partial charge in [0.25, 0.3) is 0 Å². The van der Waals surface area contributed by atoms with Gasteiger partial charge in [0.2, 0.25) is 0 Å². The summed E-state index contributed by atoms with van der Waals surface area (Å²) in [5.74, 6) is 0.743. The lowest BCUT2D eigenvalue weighted by atomic mass is 9.81. The molecule has 1 aliphatic carbocycles. The standard InChI is InChI=1S/C17H24O2/c1-14-5-9-16(10-6-14)17-11-7-15(8-12-17)4-3-13-19-18-2/h4-6,9-10,17H,3,7-8,11-13H2,1-2H3. The summed E-state index contributed by atoms with van der Waals surface area (Å²) in [6, 6.07) is 9.04. The Morgan fingerprint density at radius 1 is 1.16 bits per heavy atom. The van der Waals surface area contributed by atoms with E-state index in [-0.39, 0.29) is 0 Å². The first-order chi connectivity index (χ1) is 9.29. The van der Waals surface area contributed by atoms with Gasteiger partial charge in [-0.25, -0.2) is 9.78 Å². The molecule has 0 aromatic heterocycles. The second-order valence-electron chi connectivity index (χ2n) is 5.32. The zero-order valence-corrected chi connectivity index (χ0v) is 12.0. The van der Waals surface area contributed by atoms with Crippen LogP contribution in [-0.4, -0.2) is 13.7 Å². The van der Waals surface area contributed by atoms with E-state index in [1.807, 2.05) is 0 Å². The Hall–Kier alpha value is -1.12. The lowest BCUT2D eigenvalue weighted by molar-refractivity contribution is -0.271. The predicted molar refractivity (Wildman–Crippen MR) is 78.0 cm³/mol. The fourth-order valence-corrected chi connectivity index (χ4v) is 2.76. The molecule has 0 radical (unpaired) electrons. The Morgan fingerprint density at radius 3 is 2.47 bits per heavy atom. The van der Waals surface area contributed by atoms with E-state index in [0.717, 1.165) is 12.3 Å². The van der Waals surface area contributed by atoms with Crippen molar-refractivity contribution >= 4 is 0 Å². The normalized spacial score (nSPS) is 19.5. The van der Waals surface area contributed by atoms with Crippen LogP contribution >= 0.6 is 0 Å². The van der Waals surface area contributed by atoms with Crippen molar-refractivity contribution in [1.82, 2.24) is 0 Å². The quantitative estimate of drug-likeness (QED) is 0.335. The van der Waals surface area contributed by atoms with Crippen LogP contribution in [0.2, 0.25) is 0 Å². The van der Waals surface area contributed by atoms with Crippen LogP contribution in [0.3, 0.4) is 0 Å². The Kier molecular flexibility index (Phi) is 5.62. The van der Waals surface area contributed by atoms with Crippen LogP contribution in [0, 0.1) is 6.92 Å². The summed E-state index contributed by atoms with van der Waals surface area (Å²) in [4.78, 5) is 9.47. The molecule has 1 aromatic carbocycles. The van der Waals surface area contributed by atoms with E-state index >= 15 is 0 Å². The maximum atomic E-state index is 4.88. The Bertz CT molecular complexity index is 396. The third-order valence-electron chi connectivity index (χ3n) is 3.93. The molecule has 0 heterocycles. The van der Waals surface area contributed by atoms with Gasteiger partial charge in [-0.05, 0) is 50.5 Å². The molecule has 0 N–H and O–H groups in total. The molecule has 0 unspecified atom stereocenters. The van der Waals surface area contributed by atoms with Gasteiger partial charge in [0.15, 0.2) is 0 Å². The largest absolute Gasteiger partial charge is 0.240 e. The Morgan fingerprint density at radius 2 is 1.84 bits per heavy atom. The first kappa shape index (κ1) is 14.3. The molecule has 0 atom stereocenters. The van der Waals surface area contributed by atoms with Crippen molar-refractivity contribution in [2.45, 2.75) is 44.9 Å². The molecular weight excluding hydrogens is 236 g/mol. The van der Waals surface area contributed by atoms with Gasteiger partial charge in [-0.15, -0.1) is 0 Å². The van der Waals surface area contributed by atoms with Gasteiger partial charge in [-0.2, -0.15) is 0 Å². The van der Waals surface area contributed by atoms with E-state index in [2.05, 4.69) is 42.2 Å². The zero-order chi connectivity index (χ0) is 13.5. The molecule has 0 spiro atoms. The number of hydrogen-bond donors (Lipinski definition) is 0. The summed E-state index contributed by atoms with van der Waals surface area (Å²) in [6.07, 6.45) is 8.29. The second-order valence-corrected chi connectivity index (χ2v) is 5.32. The monoisotopic (exact) mass is 260 g/mol. The minimum atomic E-state index is 0.654. The molecule has 1 saturated carbocycles. The first-order valence-corrected chi connectivity index (χ1v) is 7.19. The molecule has 0 aliphatic heterocycles. The Labute approximate surface area is 116 Å². The average Bonchev–Trinajstić information content (AvgIpc) is 2.45. The predicted octanol–water partition coefficient (Wildman–Crippen LogP) is 4.55. The van der Waals surface area contributed by atoms with Crippen molar-refractivity contribution in [3.05, 3.63) is 47.0 Å². The first-order valence-electron chi connectivity index (χ1n) is 7.19. The summed E-state index contributed by atoms with van der Waals surface area (Å²) in [7, 11) is 1.56. The minimum absolute atomic E-state index is 0.654. The minimum Gasteiger partial charge on any atom is -0.240 e. The maximum absolute atomic E-state index is 4.88. The SMILES string of the molecule is COOCCC=C1CCC(c2ccc(C)cc2)CC1. The topological polar surface area (TPSA) is 18.5 Å². The molecule has 104 valence electrons. The van der Waals surface area contributed by atoms with Gasteiger partial charge in [-0.1, -0.05) is 41.5 Å². The molecular formula is C17H24O2. The van der Waals surface area contributed by atoms with E-state index in [9.17, 15) is 0 Å². The highest BCUT2D eigenvalue weighted by atomic mass is 17.2. The van der Waals surface area contributed by atoms with Gasteiger partial charge in [-0.3, -0.25) is 0 Å². The fourth-order valence-electron chi connectivity index (χ4n) is 2.76. The number of aryl methyl sites for hydroxylation is 1. The Balaban J connectivity index is 1.80. The number of allylic oxidation sites excluding steroid dienone is 1. The van der Waals surface area contributed by atoms with Gasteiger partial charge in [0.1, 0.15) is 0 Å². The highest BCUT2D eigenvalue weighted by Gasteiger charge is 2.17. The smallest absolute Gasteiger partial charge is 0.0856 e. The van der Waals surface area contributed by atoms with E-state index in [1.54, 1.807) is 12.7 Å². The molecule has 2 rings (SSSR count). The van der Waals surface area contributed by atoms with Crippen molar-refractivity contribution in [2.24, 2.45) is 0 Å². The average molecular weight is 260 g/mol. The lowest BCUT2D eigenvalue weighted by Crippen LogP contribution is -2.07.